The van der Waals surface area contributed by atoms with Gasteiger partial charge in [0, 0.05) is 36.4 Å². The Hall–Kier alpha value is -1.73. The first-order valence-electron chi connectivity index (χ1n) is 11.3. The lowest BCUT2D eigenvalue weighted by molar-refractivity contribution is -0.119. The molecule has 1 atom stereocenters. The molecule has 2 fully saturated rings. The number of rotatable bonds is 8. The van der Waals surface area contributed by atoms with Crippen molar-refractivity contribution in [1.29, 1.82) is 0 Å². The highest BCUT2D eigenvalue weighted by molar-refractivity contribution is 5.85. The van der Waals surface area contributed by atoms with E-state index in [4.69, 9.17) is 19.2 Å². The van der Waals surface area contributed by atoms with Gasteiger partial charge < -0.3 is 19.3 Å². The highest BCUT2D eigenvalue weighted by Crippen LogP contribution is 2.36. The van der Waals surface area contributed by atoms with Crippen LogP contribution in [-0.2, 0) is 22.5 Å². The van der Waals surface area contributed by atoms with Crippen LogP contribution >= 0.6 is 0 Å². The molecule has 6 nitrogen and oxygen atoms in total. The highest BCUT2D eigenvalue weighted by Gasteiger charge is 2.21. The molecule has 0 unspecified atom stereocenters. The minimum atomic E-state index is -0.795. The number of hydrogen-bond acceptors (Lipinski definition) is 6. The molecule has 164 valence electrons. The molecule has 0 bridgehead atoms. The van der Waals surface area contributed by atoms with E-state index < -0.39 is 6.29 Å². The van der Waals surface area contributed by atoms with E-state index in [1.807, 2.05) is 0 Å². The van der Waals surface area contributed by atoms with E-state index in [1.54, 1.807) is 7.11 Å². The number of aromatic nitrogens is 1. The zero-order chi connectivity index (χ0) is 20.9. The van der Waals surface area contributed by atoms with Crippen LogP contribution in [0, 0.1) is 0 Å². The van der Waals surface area contributed by atoms with Crippen molar-refractivity contribution in [3.63, 3.8) is 0 Å². The van der Waals surface area contributed by atoms with E-state index in [-0.39, 0.29) is 0 Å². The summed E-state index contributed by atoms with van der Waals surface area (Å²) in [4.78, 5) is 7.13. The molecule has 30 heavy (non-hydrogen) atoms. The Labute approximate surface area is 179 Å². The predicted octanol–water partition coefficient (Wildman–Crippen LogP) is 3.63. The van der Waals surface area contributed by atoms with Crippen LogP contribution in [0.15, 0.2) is 18.2 Å². The summed E-state index contributed by atoms with van der Waals surface area (Å²) >= 11 is 0. The van der Waals surface area contributed by atoms with Gasteiger partial charge in [0.2, 0.25) is 0 Å². The molecule has 4 rings (SSSR count). The number of aliphatic hydroxyl groups is 1. The Balaban J connectivity index is 1.58. The van der Waals surface area contributed by atoms with Crippen LogP contribution in [0.4, 0.5) is 0 Å². The van der Waals surface area contributed by atoms with E-state index in [9.17, 15) is 5.11 Å². The highest BCUT2D eigenvalue weighted by atomic mass is 16.6. The van der Waals surface area contributed by atoms with Crippen LogP contribution in [0.5, 0.6) is 5.75 Å². The standard InChI is InChI=1S/C24H34N2O4/c1-3-19-13-20(17-6-10-29-11-7-17)21-14-23(28-2)18(12-22(21)25-19)16-30-24(27)15-26-8-4-5-9-26/h12-14,17,24,27H,3-11,15-16H2,1-2H3/t24-/m0/s1. The number of β-amino-alcohol motifs (C(OH)–C–C–N with tert-alkyl or cyclic N) is 1. The van der Waals surface area contributed by atoms with Gasteiger partial charge in [0.05, 0.1) is 19.2 Å². The van der Waals surface area contributed by atoms with Gasteiger partial charge in [-0.05, 0) is 74.9 Å². The third-order valence-corrected chi connectivity index (χ3v) is 6.36. The molecule has 2 aliphatic rings. The molecule has 3 heterocycles. The Morgan fingerprint density at radius 1 is 1.20 bits per heavy atom. The Kier molecular flexibility index (Phi) is 7.20. The molecule has 0 spiro atoms. The Morgan fingerprint density at radius 3 is 2.67 bits per heavy atom. The maximum atomic E-state index is 10.3. The molecule has 6 heteroatoms. The molecular formula is C24H34N2O4. The van der Waals surface area contributed by atoms with Crippen LogP contribution in [0.1, 0.15) is 55.3 Å². The van der Waals surface area contributed by atoms with Gasteiger partial charge in [0.25, 0.3) is 0 Å². The molecule has 1 aromatic carbocycles. The fourth-order valence-corrected chi connectivity index (χ4v) is 4.63. The molecular weight excluding hydrogens is 380 g/mol. The first-order valence-corrected chi connectivity index (χ1v) is 11.3. The van der Waals surface area contributed by atoms with Crippen molar-refractivity contribution in [3.8, 4) is 5.75 Å². The van der Waals surface area contributed by atoms with Crippen LogP contribution in [0.2, 0.25) is 0 Å². The molecule has 0 saturated carbocycles. The lowest BCUT2D eigenvalue weighted by Gasteiger charge is -2.25. The normalized spacial score (nSPS) is 19.4. The van der Waals surface area contributed by atoms with Crippen molar-refractivity contribution in [1.82, 2.24) is 9.88 Å². The number of nitrogens with zero attached hydrogens (tertiary/aromatic N) is 2. The summed E-state index contributed by atoms with van der Waals surface area (Å²) in [5, 5.41) is 11.5. The van der Waals surface area contributed by atoms with Crippen molar-refractivity contribution in [3.05, 3.63) is 35.0 Å². The average Bonchev–Trinajstić information content (AvgIpc) is 3.29. The predicted molar refractivity (Wildman–Crippen MR) is 117 cm³/mol. The minimum absolute atomic E-state index is 0.304. The van der Waals surface area contributed by atoms with E-state index in [1.165, 1.54) is 18.4 Å². The van der Waals surface area contributed by atoms with Crippen molar-refractivity contribution < 1.29 is 19.3 Å². The zero-order valence-electron chi connectivity index (χ0n) is 18.2. The number of aliphatic hydroxyl groups excluding tert-OH is 1. The van der Waals surface area contributed by atoms with E-state index >= 15 is 0 Å². The van der Waals surface area contributed by atoms with Gasteiger partial charge in [0.1, 0.15) is 5.75 Å². The smallest absolute Gasteiger partial charge is 0.167 e. The summed E-state index contributed by atoms with van der Waals surface area (Å²) in [6.45, 7) is 6.71. The molecule has 2 saturated heterocycles. The number of hydrogen-bond donors (Lipinski definition) is 1. The van der Waals surface area contributed by atoms with Gasteiger partial charge in [-0.15, -0.1) is 0 Å². The molecule has 0 radical (unpaired) electrons. The fourth-order valence-electron chi connectivity index (χ4n) is 4.63. The SMILES string of the molecule is CCc1cc(C2CCOCC2)c2cc(OC)c(CO[C@H](O)CN3CCCC3)cc2n1. The third kappa shape index (κ3) is 4.94. The second-order valence-electron chi connectivity index (χ2n) is 8.40. The number of methoxy groups -OCH3 is 1. The number of aryl methyl sites for hydroxylation is 1. The van der Waals surface area contributed by atoms with Gasteiger partial charge in [-0.2, -0.15) is 0 Å². The second-order valence-corrected chi connectivity index (χ2v) is 8.40. The first-order chi connectivity index (χ1) is 14.7. The number of benzene rings is 1. The summed E-state index contributed by atoms with van der Waals surface area (Å²) in [5.41, 5.74) is 4.35. The number of pyridine rings is 1. The van der Waals surface area contributed by atoms with Gasteiger partial charge in [-0.1, -0.05) is 6.92 Å². The molecule has 1 aromatic heterocycles. The van der Waals surface area contributed by atoms with E-state index in [2.05, 4.69) is 30.0 Å². The Bertz CT molecular complexity index is 845. The quantitative estimate of drug-likeness (QED) is 0.666. The number of ether oxygens (including phenoxy) is 3. The van der Waals surface area contributed by atoms with Crippen molar-refractivity contribution in [2.75, 3.05) is 40.0 Å². The summed E-state index contributed by atoms with van der Waals surface area (Å²) in [5.74, 6) is 1.28. The fraction of sp³-hybridized carbons (Fsp3) is 0.625. The maximum absolute atomic E-state index is 10.3. The first kappa shape index (κ1) is 21.5. The average molecular weight is 415 g/mol. The zero-order valence-corrected chi connectivity index (χ0v) is 18.2. The molecule has 0 aliphatic carbocycles. The van der Waals surface area contributed by atoms with E-state index in [0.717, 1.165) is 73.5 Å². The lowest BCUT2D eigenvalue weighted by atomic mass is 9.88. The summed E-state index contributed by atoms with van der Waals surface area (Å²) in [6, 6.07) is 6.42. The van der Waals surface area contributed by atoms with Crippen LogP contribution in [0.25, 0.3) is 10.9 Å². The van der Waals surface area contributed by atoms with Gasteiger partial charge in [-0.25, -0.2) is 0 Å². The van der Waals surface area contributed by atoms with Crippen molar-refractivity contribution in [2.24, 2.45) is 0 Å². The van der Waals surface area contributed by atoms with Crippen LogP contribution in [-0.4, -0.2) is 61.2 Å². The van der Waals surface area contributed by atoms with Gasteiger partial charge in [-0.3, -0.25) is 9.88 Å². The topological polar surface area (TPSA) is 64.1 Å². The molecule has 1 N–H and O–H groups in total. The van der Waals surface area contributed by atoms with Gasteiger partial charge in [0.15, 0.2) is 6.29 Å². The molecule has 0 amide bonds. The molecule has 2 aliphatic heterocycles. The number of likely N-dealkylation sites (tertiary alicyclic amines) is 1. The van der Waals surface area contributed by atoms with Crippen LogP contribution in [0.3, 0.4) is 0 Å². The molecule has 2 aromatic rings. The third-order valence-electron chi connectivity index (χ3n) is 6.36. The van der Waals surface area contributed by atoms with Crippen molar-refractivity contribution in [2.45, 2.75) is 57.8 Å². The lowest BCUT2D eigenvalue weighted by Crippen LogP contribution is -2.31. The summed E-state index contributed by atoms with van der Waals surface area (Å²) in [6.07, 6.45) is 4.59. The van der Waals surface area contributed by atoms with Crippen molar-refractivity contribution >= 4 is 10.9 Å². The second kappa shape index (κ2) is 10.1. The monoisotopic (exact) mass is 414 g/mol. The Morgan fingerprint density at radius 2 is 1.97 bits per heavy atom. The maximum Gasteiger partial charge on any atom is 0.167 e. The summed E-state index contributed by atoms with van der Waals surface area (Å²) < 4.78 is 17.0. The summed E-state index contributed by atoms with van der Waals surface area (Å²) in [7, 11) is 1.69. The number of fused-ring (bicyclic) bond motifs is 1. The van der Waals surface area contributed by atoms with E-state index in [0.29, 0.717) is 19.1 Å². The minimum Gasteiger partial charge on any atom is -0.496 e. The van der Waals surface area contributed by atoms with Crippen LogP contribution < -0.4 is 4.74 Å². The largest absolute Gasteiger partial charge is 0.496 e. The van der Waals surface area contributed by atoms with Gasteiger partial charge >= 0.3 is 0 Å².